The van der Waals surface area contributed by atoms with E-state index in [0.717, 1.165) is 5.56 Å². The van der Waals surface area contributed by atoms with Crippen molar-refractivity contribution in [3.63, 3.8) is 0 Å². The molecule has 0 saturated heterocycles. The minimum atomic E-state index is -0.605. The first kappa shape index (κ1) is 13.7. The molecule has 2 aromatic rings. The summed E-state index contributed by atoms with van der Waals surface area (Å²) in [5.41, 5.74) is 7.82. The van der Waals surface area contributed by atoms with Gasteiger partial charge in [0.2, 0.25) is 0 Å². The normalized spacial score (nSPS) is 13.5. The second-order valence-electron chi connectivity index (χ2n) is 5.57. The van der Waals surface area contributed by atoms with Crippen LogP contribution in [0.4, 0.5) is 0 Å². The highest BCUT2D eigenvalue weighted by atomic mass is 16.5. The van der Waals surface area contributed by atoms with Crippen molar-refractivity contribution in [1.29, 1.82) is 0 Å². The molecule has 0 aliphatic carbocycles. The Bertz CT molecular complexity index is 541. The molecule has 0 fully saturated rings. The molecular weight excluding hydrogens is 242 g/mol. The minimum Gasteiger partial charge on any atom is -0.394 e. The van der Waals surface area contributed by atoms with E-state index in [1.807, 2.05) is 24.3 Å². The smallest absolute Gasteiger partial charge is 0.257 e. The van der Waals surface area contributed by atoms with E-state index in [0.29, 0.717) is 11.7 Å². The van der Waals surface area contributed by atoms with Crippen LogP contribution in [0.5, 0.6) is 0 Å². The van der Waals surface area contributed by atoms with Gasteiger partial charge in [-0.05, 0) is 23.1 Å². The summed E-state index contributed by atoms with van der Waals surface area (Å²) in [5.74, 6) is 0.733. The molecule has 0 bridgehead atoms. The van der Waals surface area contributed by atoms with Crippen molar-refractivity contribution in [2.24, 2.45) is 5.73 Å². The minimum absolute atomic E-state index is 0.109. The summed E-state index contributed by atoms with van der Waals surface area (Å²) in [5, 5.41) is 12.7. The van der Waals surface area contributed by atoms with Gasteiger partial charge in [0.15, 0.2) is 5.82 Å². The van der Waals surface area contributed by atoms with Gasteiger partial charge in [-0.3, -0.25) is 0 Å². The van der Waals surface area contributed by atoms with Crippen LogP contribution in [-0.4, -0.2) is 21.9 Å². The third-order valence-electron chi connectivity index (χ3n) is 2.97. The molecule has 0 saturated carbocycles. The number of nitrogens with two attached hydrogens (primary N) is 1. The molecule has 0 spiro atoms. The monoisotopic (exact) mass is 261 g/mol. The Morgan fingerprint density at radius 3 is 2.42 bits per heavy atom. The standard InChI is InChI=1S/C14H19N3O2/c1-14(2,3)10-6-4-9(5-7-10)13-16-12(17-19-13)11(15)8-18/h4-7,11,18H,8,15H2,1-3H3. The number of hydrogen-bond donors (Lipinski definition) is 2. The number of benzene rings is 1. The molecule has 0 aliphatic heterocycles. The molecule has 1 aromatic carbocycles. The summed E-state index contributed by atoms with van der Waals surface area (Å²) >= 11 is 0. The second kappa shape index (κ2) is 5.11. The van der Waals surface area contributed by atoms with Gasteiger partial charge in [0, 0.05) is 5.56 Å². The number of rotatable bonds is 3. The first-order chi connectivity index (χ1) is 8.91. The molecule has 5 nitrogen and oxygen atoms in total. The maximum Gasteiger partial charge on any atom is 0.257 e. The number of nitrogens with zero attached hydrogens (tertiary/aromatic N) is 2. The van der Waals surface area contributed by atoms with Crippen LogP contribution in [0.25, 0.3) is 11.5 Å². The van der Waals surface area contributed by atoms with Crippen LogP contribution in [0, 0.1) is 0 Å². The highest BCUT2D eigenvalue weighted by Gasteiger charge is 2.16. The SMILES string of the molecule is CC(C)(C)c1ccc(-c2nc(C(N)CO)no2)cc1. The topological polar surface area (TPSA) is 85.2 Å². The van der Waals surface area contributed by atoms with Crippen molar-refractivity contribution in [2.45, 2.75) is 32.2 Å². The zero-order valence-electron chi connectivity index (χ0n) is 11.4. The molecule has 0 radical (unpaired) electrons. The first-order valence-electron chi connectivity index (χ1n) is 6.23. The molecular formula is C14H19N3O2. The van der Waals surface area contributed by atoms with E-state index in [1.54, 1.807) is 0 Å². The Morgan fingerprint density at radius 2 is 1.89 bits per heavy atom. The van der Waals surface area contributed by atoms with E-state index in [-0.39, 0.29) is 12.0 Å². The number of aliphatic hydroxyl groups is 1. The first-order valence-corrected chi connectivity index (χ1v) is 6.23. The second-order valence-corrected chi connectivity index (χ2v) is 5.57. The predicted octanol–water partition coefficient (Wildman–Crippen LogP) is 2.03. The summed E-state index contributed by atoms with van der Waals surface area (Å²) in [6.07, 6.45) is 0. The number of aliphatic hydroxyl groups excluding tert-OH is 1. The van der Waals surface area contributed by atoms with Gasteiger partial charge < -0.3 is 15.4 Å². The lowest BCUT2D eigenvalue weighted by Crippen LogP contribution is -2.15. The van der Waals surface area contributed by atoms with Crippen molar-refractivity contribution < 1.29 is 9.63 Å². The van der Waals surface area contributed by atoms with Crippen molar-refractivity contribution in [2.75, 3.05) is 6.61 Å². The molecule has 1 unspecified atom stereocenters. The lowest BCUT2D eigenvalue weighted by molar-refractivity contribution is 0.260. The predicted molar refractivity (Wildman–Crippen MR) is 72.4 cm³/mol. The maximum atomic E-state index is 8.95. The Morgan fingerprint density at radius 1 is 1.26 bits per heavy atom. The summed E-state index contributed by atoms with van der Waals surface area (Å²) in [6.45, 7) is 6.27. The average Bonchev–Trinajstić information content (AvgIpc) is 2.86. The van der Waals surface area contributed by atoms with Gasteiger partial charge >= 0.3 is 0 Å². The largest absolute Gasteiger partial charge is 0.394 e. The van der Waals surface area contributed by atoms with Gasteiger partial charge in [-0.25, -0.2) is 0 Å². The zero-order valence-corrected chi connectivity index (χ0v) is 11.4. The van der Waals surface area contributed by atoms with E-state index >= 15 is 0 Å². The van der Waals surface area contributed by atoms with Crippen molar-refractivity contribution in [1.82, 2.24) is 10.1 Å². The molecule has 5 heteroatoms. The van der Waals surface area contributed by atoms with Gasteiger partial charge in [-0.1, -0.05) is 38.1 Å². The third kappa shape index (κ3) is 3.00. The van der Waals surface area contributed by atoms with Gasteiger partial charge in [0.25, 0.3) is 5.89 Å². The Kier molecular flexibility index (Phi) is 3.68. The molecule has 19 heavy (non-hydrogen) atoms. The van der Waals surface area contributed by atoms with E-state index in [9.17, 15) is 0 Å². The Labute approximate surface area is 112 Å². The van der Waals surface area contributed by atoms with Gasteiger partial charge in [-0.2, -0.15) is 4.98 Å². The Hall–Kier alpha value is -1.72. The highest BCUT2D eigenvalue weighted by Crippen LogP contribution is 2.25. The lowest BCUT2D eigenvalue weighted by Gasteiger charge is -2.18. The maximum absolute atomic E-state index is 8.95. The van der Waals surface area contributed by atoms with Gasteiger partial charge in [0.1, 0.15) is 0 Å². The van der Waals surface area contributed by atoms with Crippen molar-refractivity contribution in [3.8, 4) is 11.5 Å². The molecule has 3 N–H and O–H groups in total. The molecule has 1 atom stereocenters. The molecule has 1 aromatic heterocycles. The van der Waals surface area contributed by atoms with Crippen LogP contribution in [-0.2, 0) is 5.41 Å². The van der Waals surface area contributed by atoms with E-state index in [2.05, 4.69) is 30.9 Å². The molecule has 0 amide bonds. The molecule has 102 valence electrons. The summed E-state index contributed by atoms with van der Waals surface area (Å²) in [4.78, 5) is 4.18. The van der Waals surface area contributed by atoms with Crippen molar-refractivity contribution in [3.05, 3.63) is 35.7 Å². The Balaban J connectivity index is 2.25. The number of aromatic nitrogens is 2. The molecule has 0 aliphatic rings. The average molecular weight is 261 g/mol. The fourth-order valence-corrected chi connectivity index (χ4v) is 1.70. The third-order valence-corrected chi connectivity index (χ3v) is 2.97. The van der Waals surface area contributed by atoms with Crippen LogP contribution in [0.1, 0.15) is 38.2 Å². The van der Waals surface area contributed by atoms with Crippen LogP contribution in [0.15, 0.2) is 28.8 Å². The fraction of sp³-hybridized carbons (Fsp3) is 0.429. The summed E-state index contributed by atoms with van der Waals surface area (Å²) < 4.78 is 5.15. The molecule has 1 heterocycles. The number of hydrogen-bond acceptors (Lipinski definition) is 5. The van der Waals surface area contributed by atoms with Gasteiger partial charge in [0.05, 0.1) is 12.6 Å². The quantitative estimate of drug-likeness (QED) is 0.883. The van der Waals surface area contributed by atoms with E-state index in [1.165, 1.54) is 5.56 Å². The summed E-state index contributed by atoms with van der Waals surface area (Å²) in [7, 11) is 0. The molecule has 2 rings (SSSR count). The zero-order chi connectivity index (χ0) is 14.0. The van der Waals surface area contributed by atoms with Crippen LogP contribution in [0.2, 0.25) is 0 Å². The highest BCUT2D eigenvalue weighted by molar-refractivity contribution is 5.53. The van der Waals surface area contributed by atoms with Crippen molar-refractivity contribution >= 4 is 0 Å². The van der Waals surface area contributed by atoms with E-state index < -0.39 is 6.04 Å². The fourth-order valence-electron chi connectivity index (χ4n) is 1.70. The van der Waals surface area contributed by atoms with Gasteiger partial charge in [-0.15, -0.1) is 0 Å². The lowest BCUT2D eigenvalue weighted by atomic mass is 9.87. The summed E-state index contributed by atoms with van der Waals surface area (Å²) in [6, 6.07) is 7.38. The van der Waals surface area contributed by atoms with Crippen LogP contribution >= 0.6 is 0 Å². The van der Waals surface area contributed by atoms with Crippen LogP contribution in [0.3, 0.4) is 0 Å². The van der Waals surface area contributed by atoms with E-state index in [4.69, 9.17) is 15.4 Å². The van der Waals surface area contributed by atoms with Crippen LogP contribution < -0.4 is 5.73 Å².